The molecule has 0 unspecified atom stereocenters. The van der Waals surface area contributed by atoms with E-state index in [0.717, 1.165) is 17.6 Å². The molecule has 1 amide bonds. The fourth-order valence-electron chi connectivity index (χ4n) is 1.66. The molecule has 3 nitrogen and oxygen atoms in total. The minimum Gasteiger partial charge on any atom is -0.356 e. The van der Waals surface area contributed by atoms with E-state index in [1.54, 1.807) is 0 Å². The van der Waals surface area contributed by atoms with Gasteiger partial charge in [-0.15, -0.1) is 0 Å². The van der Waals surface area contributed by atoms with Crippen molar-refractivity contribution in [3.05, 3.63) is 33.8 Å². The highest BCUT2D eigenvalue weighted by molar-refractivity contribution is 9.10. The summed E-state index contributed by atoms with van der Waals surface area (Å²) in [5.74, 6) is 0.621. The van der Waals surface area contributed by atoms with Crippen LogP contribution in [0.25, 0.3) is 0 Å². The molecule has 0 saturated heterocycles. The Labute approximate surface area is 124 Å². The second kappa shape index (κ2) is 8.33. The summed E-state index contributed by atoms with van der Waals surface area (Å²) >= 11 is 3.49. The van der Waals surface area contributed by atoms with Gasteiger partial charge in [0.2, 0.25) is 5.91 Å². The van der Waals surface area contributed by atoms with Crippen LogP contribution < -0.4 is 10.6 Å². The molecule has 106 valence electrons. The van der Waals surface area contributed by atoms with Crippen molar-refractivity contribution in [1.82, 2.24) is 10.6 Å². The maximum absolute atomic E-state index is 11.5. The van der Waals surface area contributed by atoms with E-state index in [1.165, 1.54) is 11.1 Å². The molecule has 0 heterocycles. The zero-order valence-electron chi connectivity index (χ0n) is 11.9. The van der Waals surface area contributed by atoms with Gasteiger partial charge in [-0.2, -0.15) is 0 Å². The number of hydrogen-bond donors (Lipinski definition) is 2. The Morgan fingerprint density at radius 2 is 2.11 bits per heavy atom. The third kappa shape index (κ3) is 6.73. The van der Waals surface area contributed by atoms with Crippen LogP contribution in [0.1, 0.15) is 31.4 Å². The number of aryl methyl sites for hydroxylation is 1. The Morgan fingerprint density at radius 1 is 1.37 bits per heavy atom. The van der Waals surface area contributed by atoms with Gasteiger partial charge in [-0.3, -0.25) is 4.79 Å². The number of amides is 1. The lowest BCUT2D eigenvalue weighted by atomic mass is 10.1. The number of hydrogen-bond acceptors (Lipinski definition) is 2. The molecule has 0 saturated carbocycles. The Hall–Kier alpha value is -0.870. The Morgan fingerprint density at radius 3 is 2.74 bits per heavy atom. The molecule has 1 aromatic carbocycles. The lowest BCUT2D eigenvalue weighted by Crippen LogP contribution is -2.30. The van der Waals surface area contributed by atoms with Crippen molar-refractivity contribution in [1.29, 1.82) is 0 Å². The predicted molar refractivity (Wildman–Crippen MR) is 83.1 cm³/mol. The van der Waals surface area contributed by atoms with Crippen LogP contribution in [-0.2, 0) is 11.3 Å². The van der Waals surface area contributed by atoms with Crippen molar-refractivity contribution in [2.75, 3.05) is 13.1 Å². The number of benzene rings is 1. The van der Waals surface area contributed by atoms with Gasteiger partial charge < -0.3 is 10.6 Å². The molecule has 4 heteroatoms. The Kier molecular flexibility index (Phi) is 7.10. The van der Waals surface area contributed by atoms with Gasteiger partial charge in [0, 0.05) is 30.5 Å². The van der Waals surface area contributed by atoms with Crippen LogP contribution in [0, 0.1) is 12.8 Å². The number of carbonyl (C=O) groups excluding carboxylic acids is 1. The molecule has 0 aliphatic rings. The van der Waals surface area contributed by atoms with Crippen molar-refractivity contribution in [3.63, 3.8) is 0 Å². The van der Waals surface area contributed by atoms with Crippen molar-refractivity contribution in [2.45, 2.75) is 33.7 Å². The van der Waals surface area contributed by atoms with E-state index >= 15 is 0 Å². The quantitative estimate of drug-likeness (QED) is 0.756. The molecule has 0 radical (unpaired) electrons. The van der Waals surface area contributed by atoms with Crippen LogP contribution in [0.5, 0.6) is 0 Å². The summed E-state index contributed by atoms with van der Waals surface area (Å²) in [7, 11) is 0. The molecule has 0 bridgehead atoms. The van der Waals surface area contributed by atoms with Crippen LogP contribution in [0.3, 0.4) is 0 Å². The van der Waals surface area contributed by atoms with Crippen LogP contribution in [0.15, 0.2) is 22.7 Å². The van der Waals surface area contributed by atoms with Gasteiger partial charge in [0.15, 0.2) is 0 Å². The fraction of sp³-hybridized carbons (Fsp3) is 0.533. The van der Waals surface area contributed by atoms with Crippen LogP contribution in [0.4, 0.5) is 0 Å². The van der Waals surface area contributed by atoms with Gasteiger partial charge in [0.25, 0.3) is 0 Å². The number of rotatable bonds is 7. The molecule has 1 aromatic rings. The SMILES string of the molecule is Cc1cc(CNCCC(=O)NCC(C)C)ccc1Br. The first-order chi connectivity index (χ1) is 8.99. The average molecular weight is 327 g/mol. The van der Waals surface area contributed by atoms with E-state index in [9.17, 15) is 4.79 Å². The van der Waals surface area contributed by atoms with E-state index < -0.39 is 0 Å². The van der Waals surface area contributed by atoms with Gasteiger partial charge in [0.05, 0.1) is 0 Å². The second-order valence-corrected chi connectivity index (χ2v) is 6.06. The largest absolute Gasteiger partial charge is 0.356 e. The number of carbonyl (C=O) groups is 1. The minimum atomic E-state index is 0.119. The highest BCUT2D eigenvalue weighted by atomic mass is 79.9. The first-order valence-electron chi connectivity index (χ1n) is 6.71. The number of nitrogens with one attached hydrogen (secondary N) is 2. The van der Waals surface area contributed by atoms with Gasteiger partial charge in [0.1, 0.15) is 0 Å². The van der Waals surface area contributed by atoms with Gasteiger partial charge in [-0.05, 0) is 30.0 Å². The third-order valence-corrected chi connectivity index (χ3v) is 3.68. The molecular formula is C15H23BrN2O. The molecule has 0 aliphatic carbocycles. The second-order valence-electron chi connectivity index (χ2n) is 5.21. The zero-order valence-corrected chi connectivity index (χ0v) is 13.5. The smallest absolute Gasteiger partial charge is 0.221 e. The molecule has 19 heavy (non-hydrogen) atoms. The molecule has 0 fully saturated rings. The average Bonchev–Trinajstić information content (AvgIpc) is 2.36. The van der Waals surface area contributed by atoms with Crippen LogP contribution >= 0.6 is 15.9 Å². The van der Waals surface area contributed by atoms with Crippen molar-refractivity contribution in [2.24, 2.45) is 5.92 Å². The van der Waals surface area contributed by atoms with Gasteiger partial charge in [-0.1, -0.05) is 41.9 Å². The lowest BCUT2D eigenvalue weighted by molar-refractivity contribution is -0.121. The highest BCUT2D eigenvalue weighted by Crippen LogP contribution is 2.16. The zero-order chi connectivity index (χ0) is 14.3. The van der Waals surface area contributed by atoms with Gasteiger partial charge in [-0.25, -0.2) is 0 Å². The summed E-state index contributed by atoms with van der Waals surface area (Å²) in [5.41, 5.74) is 2.47. The van der Waals surface area contributed by atoms with Crippen molar-refractivity contribution >= 4 is 21.8 Å². The summed E-state index contributed by atoms with van der Waals surface area (Å²) in [5, 5.41) is 6.20. The molecular weight excluding hydrogens is 304 g/mol. The summed E-state index contributed by atoms with van der Waals surface area (Å²) in [6, 6.07) is 6.29. The van der Waals surface area contributed by atoms with E-state index in [4.69, 9.17) is 0 Å². The fourth-order valence-corrected chi connectivity index (χ4v) is 1.90. The van der Waals surface area contributed by atoms with Crippen LogP contribution in [0.2, 0.25) is 0 Å². The van der Waals surface area contributed by atoms with E-state index in [2.05, 4.69) is 65.5 Å². The molecule has 1 rings (SSSR count). The molecule has 0 aromatic heterocycles. The maximum atomic E-state index is 11.5. The highest BCUT2D eigenvalue weighted by Gasteiger charge is 2.02. The summed E-state index contributed by atoms with van der Waals surface area (Å²) in [4.78, 5) is 11.5. The van der Waals surface area contributed by atoms with Crippen molar-refractivity contribution in [3.8, 4) is 0 Å². The summed E-state index contributed by atoms with van der Waals surface area (Å²) < 4.78 is 1.13. The van der Waals surface area contributed by atoms with E-state index in [1.807, 2.05) is 0 Å². The van der Waals surface area contributed by atoms with Crippen LogP contribution in [-0.4, -0.2) is 19.0 Å². The van der Waals surface area contributed by atoms with E-state index in [-0.39, 0.29) is 5.91 Å². The summed E-state index contributed by atoms with van der Waals surface area (Å²) in [6.45, 7) is 8.52. The minimum absolute atomic E-state index is 0.119. The monoisotopic (exact) mass is 326 g/mol. The first-order valence-corrected chi connectivity index (χ1v) is 7.50. The Bertz CT molecular complexity index is 419. The van der Waals surface area contributed by atoms with Crippen molar-refractivity contribution < 1.29 is 4.79 Å². The molecule has 0 atom stereocenters. The Balaban J connectivity index is 2.20. The molecule has 0 spiro atoms. The molecule has 2 N–H and O–H groups in total. The maximum Gasteiger partial charge on any atom is 0.221 e. The standard InChI is InChI=1S/C15H23BrN2O/c1-11(2)9-18-15(19)6-7-17-10-13-4-5-14(16)12(3)8-13/h4-5,8,11,17H,6-7,9-10H2,1-3H3,(H,18,19). The predicted octanol–water partition coefficient (Wildman–Crippen LogP) is 3.01. The van der Waals surface area contributed by atoms with Gasteiger partial charge >= 0.3 is 0 Å². The summed E-state index contributed by atoms with van der Waals surface area (Å²) in [6.07, 6.45) is 0.530. The van der Waals surface area contributed by atoms with E-state index in [0.29, 0.717) is 18.9 Å². The normalized spacial score (nSPS) is 10.8. The third-order valence-electron chi connectivity index (χ3n) is 2.79. The first kappa shape index (κ1) is 16.2. The lowest BCUT2D eigenvalue weighted by Gasteiger charge is -2.09. The topological polar surface area (TPSA) is 41.1 Å². The number of halogens is 1. The molecule has 0 aliphatic heterocycles.